The van der Waals surface area contributed by atoms with Crippen molar-refractivity contribution >= 4 is 12.4 Å². The Hall–Kier alpha value is -1.10. The summed E-state index contributed by atoms with van der Waals surface area (Å²) in [6.07, 6.45) is 11.7. The van der Waals surface area contributed by atoms with E-state index in [4.69, 9.17) is 9.84 Å². The van der Waals surface area contributed by atoms with Crippen LogP contribution in [0, 0.1) is 11.3 Å². The fourth-order valence-corrected chi connectivity index (χ4v) is 3.47. The van der Waals surface area contributed by atoms with Gasteiger partial charge in [-0.05, 0) is 64.7 Å². The summed E-state index contributed by atoms with van der Waals surface area (Å²) in [5.41, 5.74) is -0.773. The topological polar surface area (TPSA) is 83.8 Å². The summed E-state index contributed by atoms with van der Waals surface area (Å²) in [6.45, 7) is 4.60. The van der Waals surface area contributed by atoms with Gasteiger partial charge in [-0.25, -0.2) is 0 Å². The second kappa shape index (κ2) is 10.8. The van der Waals surface area contributed by atoms with Gasteiger partial charge in [-0.15, -0.1) is 0 Å². The van der Waals surface area contributed by atoms with Crippen LogP contribution in [-0.4, -0.2) is 34.9 Å². The SMILES string of the molecule is CC(C)(CCCCCC(CO)CCCCCC1(C(=O)O)CC1)OC=O. The van der Waals surface area contributed by atoms with E-state index in [1.807, 2.05) is 13.8 Å². The Bertz CT molecular complexity index is 401. The lowest BCUT2D eigenvalue weighted by Gasteiger charge is -2.22. The molecule has 2 N–H and O–H groups in total. The van der Waals surface area contributed by atoms with Gasteiger partial charge in [0.05, 0.1) is 5.41 Å². The van der Waals surface area contributed by atoms with Crippen molar-refractivity contribution in [1.29, 1.82) is 0 Å². The maximum absolute atomic E-state index is 11.1. The van der Waals surface area contributed by atoms with Crippen molar-refractivity contribution in [2.75, 3.05) is 6.61 Å². The molecule has 0 aliphatic heterocycles. The molecule has 0 spiro atoms. The number of carboxylic acid groups (broad SMARTS) is 1. The summed E-state index contributed by atoms with van der Waals surface area (Å²) in [4.78, 5) is 21.5. The predicted octanol–water partition coefficient (Wildman–Crippen LogP) is 4.31. The van der Waals surface area contributed by atoms with Crippen molar-refractivity contribution in [2.24, 2.45) is 11.3 Å². The third-order valence-corrected chi connectivity index (χ3v) is 5.59. The molecule has 1 unspecified atom stereocenters. The van der Waals surface area contributed by atoms with Gasteiger partial charge < -0.3 is 14.9 Å². The van der Waals surface area contributed by atoms with E-state index >= 15 is 0 Å². The lowest BCUT2D eigenvalue weighted by Crippen LogP contribution is -2.23. The molecule has 0 saturated heterocycles. The minimum Gasteiger partial charge on any atom is -0.481 e. The molecule has 0 amide bonds. The number of unbranched alkanes of at least 4 members (excludes halogenated alkanes) is 4. The number of aliphatic hydroxyl groups is 1. The molecule has 0 heterocycles. The fraction of sp³-hybridized carbons (Fsp3) is 0.900. The van der Waals surface area contributed by atoms with Gasteiger partial charge in [-0.1, -0.05) is 32.1 Å². The van der Waals surface area contributed by atoms with Crippen LogP contribution in [0.1, 0.15) is 90.9 Å². The summed E-state index contributed by atoms with van der Waals surface area (Å²) in [5.74, 6) is -0.268. The van der Waals surface area contributed by atoms with Crippen molar-refractivity contribution < 1.29 is 24.5 Å². The second-order valence-corrected chi connectivity index (χ2v) is 8.31. The minimum atomic E-state index is -0.623. The van der Waals surface area contributed by atoms with Crippen molar-refractivity contribution in [3.05, 3.63) is 0 Å². The molecule has 5 nitrogen and oxygen atoms in total. The van der Waals surface area contributed by atoms with Crippen LogP contribution in [-0.2, 0) is 14.3 Å². The number of hydrogen-bond acceptors (Lipinski definition) is 4. The van der Waals surface area contributed by atoms with Gasteiger partial charge in [-0.2, -0.15) is 0 Å². The first-order valence-corrected chi connectivity index (χ1v) is 9.81. The molecule has 0 radical (unpaired) electrons. The first kappa shape index (κ1) is 21.9. The van der Waals surface area contributed by atoms with Gasteiger partial charge in [-0.3, -0.25) is 9.59 Å². The van der Waals surface area contributed by atoms with E-state index in [9.17, 15) is 14.7 Å². The molecule has 1 aliphatic carbocycles. The first-order chi connectivity index (χ1) is 11.9. The number of hydrogen-bond donors (Lipinski definition) is 2. The maximum Gasteiger partial charge on any atom is 0.309 e. The van der Waals surface area contributed by atoms with Crippen molar-refractivity contribution in [3.63, 3.8) is 0 Å². The average Bonchev–Trinajstić information content (AvgIpc) is 3.33. The molecule has 1 fully saturated rings. The van der Waals surface area contributed by atoms with Gasteiger partial charge >= 0.3 is 5.97 Å². The van der Waals surface area contributed by atoms with E-state index in [1.54, 1.807) is 0 Å². The normalized spacial score (nSPS) is 17.1. The Kier molecular flexibility index (Phi) is 9.47. The second-order valence-electron chi connectivity index (χ2n) is 8.31. The van der Waals surface area contributed by atoms with Crippen LogP contribution in [0.25, 0.3) is 0 Å². The van der Waals surface area contributed by atoms with E-state index in [2.05, 4.69) is 0 Å². The molecule has 1 atom stereocenters. The maximum atomic E-state index is 11.1. The lowest BCUT2D eigenvalue weighted by atomic mass is 9.92. The number of aliphatic carboxylic acids is 1. The lowest BCUT2D eigenvalue weighted by molar-refractivity contribution is -0.144. The third-order valence-electron chi connectivity index (χ3n) is 5.59. The molecule has 0 bridgehead atoms. The Balaban J connectivity index is 2.02. The Morgan fingerprint density at radius 3 is 2.20 bits per heavy atom. The van der Waals surface area contributed by atoms with Gasteiger partial charge in [0.2, 0.25) is 0 Å². The zero-order valence-corrected chi connectivity index (χ0v) is 16.0. The number of carboxylic acids is 1. The molecular formula is C20H36O5. The number of aliphatic hydroxyl groups excluding tert-OH is 1. The van der Waals surface area contributed by atoms with Gasteiger partial charge in [0.15, 0.2) is 0 Å². The molecule has 0 aromatic heterocycles. The highest BCUT2D eigenvalue weighted by atomic mass is 16.5. The molecule has 1 rings (SSSR count). The smallest absolute Gasteiger partial charge is 0.309 e. The van der Waals surface area contributed by atoms with Gasteiger partial charge in [0.25, 0.3) is 6.47 Å². The van der Waals surface area contributed by atoms with Crippen LogP contribution in [0.2, 0.25) is 0 Å². The Morgan fingerprint density at radius 1 is 1.12 bits per heavy atom. The largest absolute Gasteiger partial charge is 0.481 e. The summed E-state index contributed by atoms with van der Waals surface area (Å²) in [7, 11) is 0. The highest BCUT2D eigenvalue weighted by Gasteiger charge is 2.49. The van der Waals surface area contributed by atoms with E-state index in [0.29, 0.717) is 12.4 Å². The van der Waals surface area contributed by atoms with Gasteiger partial charge in [0.1, 0.15) is 5.60 Å². The zero-order valence-electron chi connectivity index (χ0n) is 16.0. The average molecular weight is 357 g/mol. The predicted molar refractivity (Wildman–Crippen MR) is 97.3 cm³/mol. The number of ether oxygens (including phenoxy) is 1. The zero-order chi connectivity index (χ0) is 18.8. The summed E-state index contributed by atoms with van der Waals surface area (Å²) < 4.78 is 5.04. The number of carbonyl (C=O) groups is 2. The molecular weight excluding hydrogens is 320 g/mol. The van der Waals surface area contributed by atoms with Crippen molar-refractivity contribution in [3.8, 4) is 0 Å². The standard InChI is InChI=1S/C20H36O5/c1-19(2,25-16-22)11-7-3-5-9-17(15-21)10-6-4-8-12-20(13-14-20)18(23)24/h16-17,21H,3-15H2,1-2H3,(H,23,24). The highest BCUT2D eigenvalue weighted by molar-refractivity contribution is 5.77. The van der Waals surface area contributed by atoms with Gasteiger partial charge in [0, 0.05) is 6.61 Å². The van der Waals surface area contributed by atoms with Crippen LogP contribution in [0.3, 0.4) is 0 Å². The molecule has 1 aliphatic rings. The van der Waals surface area contributed by atoms with E-state index in [0.717, 1.165) is 77.0 Å². The van der Waals surface area contributed by atoms with E-state index < -0.39 is 11.4 Å². The highest BCUT2D eigenvalue weighted by Crippen LogP contribution is 2.50. The molecule has 0 aromatic rings. The van der Waals surface area contributed by atoms with Crippen LogP contribution >= 0.6 is 0 Å². The summed E-state index contributed by atoms with van der Waals surface area (Å²) in [5, 5.41) is 18.7. The minimum absolute atomic E-state index is 0.235. The molecule has 25 heavy (non-hydrogen) atoms. The van der Waals surface area contributed by atoms with Crippen LogP contribution in [0.5, 0.6) is 0 Å². The van der Waals surface area contributed by atoms with Crippen molar-refractivity contribution in [1.82, 2.24) is 0 Å². The molecule has 1 saturated carbocycles. The summed E-state index contributed by atoms with van der Waals surface area (Å²) in [6, 6.07) is 0. The Morgan fingerprint density at radius 2 is 1.72 bits per heavy atom. The third kappa shape index (κ3) is 8.70. The molecule has 5 heteroatoms. The van der Waals surface area contributed by atoms with Crippen LogP contribution in [0.15, 0.2) is 0 Å². The quantitative estimate of drug-likeness (QED) is 0.318. The van der Waals surface area contributed by atoms with Crippen LogP contribution < -0.4 is 0 Å². The molecule has 0 aromatic carbocycles. The van der Waals surface area contributed by atoms with E-state index in [-0.39, 0.29) is 12.2 Å². The number of rotatable bonds is 16. The van der Waals surface area contributed by atoms with E-state index in [1.165, 1.54) is 0 Å². The Labute approximate surface area is 152 Å². The summed E-state index contributed by atoms with van der Waals surface area (Å²) >= 11 is 0. The number of carbonyl (C=O) groups excluding carboxylic acids is 1. The monoisotopic (exact) mass is 356 g/mol. The first-order valence-electron chi connectivity index (χ1n) is 9.81. The van der Waals surface area contributed by atoms with Crippen LogP contribution in [0.4, 0.5) is 0 Å². The molecule has 146 valence electrons. The van der Waals surface area contributed by atoms with Crippen molar-refractivity contribution in [2.45, 2.75) is 96.5 Å². The fourth-order valence-electron chi connectivity index (χ4n) is 3.47.